The van der Waals surface area contributed by atoms with Crippen molar-refractivity contribution in [1.82, 2.24) is 9.13 Å². The summed E-state index contributed by atoms with van der Waals surface area (Å²) in [6.07, 6.45) is 6.61. The number of halogens is 1. The lowest BCUT2D eigenvalue weighted by atomic mass is 9.30. The summed E-state index contributed by atoms with van der Waals surface area (Å²) in [6, 6.07) is 91.3. The molecule has 442 valence electrons. The van der Waals surface area contributed by atoms with E-state index in [1.54, 1.807) is 0 Å². The molecule has 0 bridgehead atoms. The number of unbranched alkanes of at least 4 members (excludes halogenated alkanes) is 2. The van der Waals surface area contributed by atoms with Gasteiger partial charge in [0.15, 0.2) is 0 Å². The van der Waals surface area contributed by atoms with E-state index in [4.69, 9.17) is 0 Å². The lowest BCUT2D eigenvalue weighted by molar-refractivity contribution is 0.794. The van der Waals surface area contributed by atoms with Gasteiger partial charge in [0, 0.05) is 91.8 Å². The molecule has 0 aliphatic carbocycles. The Hall–Kier alpha value is -9.15. The molecular formula is C83H66B2IN5S. The highest BCUT2D eigenvalue weighted by Gasteiger charge is 2.49. The first-order chi connectivity index (χ1) is 45.2. The van der Waals surface area contributed by atoms with Gasteiger partial charge in [0.25, 0.3) is 6.71 Å². The van der Waals surface area contributed by atoms with E-state index in [-0.39, 0.29) is 13.4 Å². The molecule has 0 unspecified atom stereocenters. The number of para-hydroxylation sites is 6. The monoisotopic (exact) mass is 1310 g/mol. The van der Waals surface area contributed by atoms with Gasteiger partial charge in [-0.05, 0) is 228 Å². The van der Waals surface area contributed by atoms with Gasteiger partial charge in [-0.3, -0.25) is 0 Å². The number of benzene rings is 12. The maximum absolute atomic E-state index is 2.72. The van der Waals surface area contributed by atoms with Gasteiger partial charge in [0.05, 0.1) is 27.8 Å². The van der Waals surface area contributed by atoms with Crippen LogP contribution in [0, 0.1) is 24.3 Å². The van der Waals surface area contributed by atoms with Gasteiger partial charge in [0.1, 0.15) is 0 Å². The number of aromatic nitrogens is 2. The van der Waals surface area contributed by atoms with E-state index in [0.29, 0.717) is 0 Å². The first-order valence-electron chi connectivity index (χ1n) is 32.9. The van der Waals surface area contributed by atoms with Crippen molar-refractivity contribution < 1.29 is 0 Å². The van der Waals surface area contributed by atoms with Gasteiger partial charge in [-0.25, -0.2) is 0 Å². The maximum Gasteiger partial charge on any atom is 0.253 e. The van der Waals surface area contributed by atoms with E-state index in [9.17, 15) is 0 Å². The van der Waals surface area contributed by atoms with Gasteiger partial charge in [-0.1, -0.05) is 177 Å². The molecule has 0 fully saturated rings. The highest BCUT2D eigenvalue weighted by Crippen LogP contribution is 2.51. The SMILES string of the molecule is CCCCc1cc(C)cc(N2c3cc(C)cc(I)c3B3c4cc5c(cc4N(c4ccccc4)c4cc(-n6c7ccccc7c7ccccc76)cc2c43)N(c2ccccc2)c2cc(-n3c4ccccc4c4ccccc43)cc3c2B5c2c(CCCC)cc(C)cc2S3)c1. The topological polar surface area (TPSA) is 19.6 Å². The van der Waals surface area contributed by atoms with Crippen molar-refractivity contribution >= 4 is 175 Å². The van der Waals surface area contributed by atoms with Crippen LogP contribution in [0.25, 0.3) is 55.0 Å². The zero-order valence-electron chi connectivity index (χ0n) is 52.4. The molecule has 12 aromatic carbocycles. The highest BCUT2D eigenvalue weighted by molar-refractivity contribution is 14.1. The maximum atomic E-state index is 2.72. The van der Waals surface area contributed by atoms with E-state index in [2.05, 4.69) is 318 Å². The first-order valence-corrected chi connectivity index (χ1v) is 34.8. The Balaban J connectivity index is 0.984. The number of nitrogens with zero attached hydrogens (tertiary/aromatic N) is 5. The molecule has 4 aliphatic rings. The summed E-state index contributed by atoms with van der Waals surface area (Å²) in [5, 5.41) is 5.02. The number of hydrogen-bond acceptors (Lipinski definition) is 4. The summed E-state index contributed by atoms with van der Waals surface area (Å²) in [4.78, 5) is 10.6. The predicted molar refractivity (Wildman–Crippen MR) is 403 cm³/mol. The van der Waals surface area contributed by atoms with Gasteiger partial charge in [0.2, 0.25) is 6.71 Å². The minimum atomic E-state index is -0.130. The second-order valence-electron chi connectivity index (χ2n) is 26.0. The van der Waals surface area contributed by atoms with Gasteiger partial charge < -0.3 is 23.8 Å². The molecule has 92 heavy (non-hydrogen) atoms. The number of anilines is 9. The summed E-state index contributed by atoms with van der Waals surface area (Å²) in [5.74, 6) is 0. The average Bonchev–Trinajstić information content (AvgIpc) is 0.802. The smallest absolute Gasteiger partial charge is 0.253 e. The van der Waals surface area contributed by atoms with Crippen LogP contribution in [0.2, 0.25) is 0 Å². The van der Waals surface area contributed by atoms with Gasteiger partial charge in [-0.15, -0.1) is 0 Å². The Morgan fingerprint density at radius 3 is 1.35 bits per heavy atom. The fraction of sp³-hybridized carbons (Fsp3) is 0.133. The average molecular weight is 1310 g/mol. The van der Waals surface area contributed by atoms with Crippen molar-refractivity contribution in [2.45, 2.75) is 82.9 Å². The molecular weight excluding hydrogens is 1250 g/mol. The van der Waals surface area contributed by atoms with Crippen molar-refractivity contribution in [1.29, 1.82) is 0 Å². The molecule has 4 aliphatic heterocycles. The minimum Gasteiger partial charge on any atom is -0.311 e. The van der Waals surface area contributed by atoms with Crippen LogP contribution in [0.1, 0.15) is 67.3 Å². The summed E-state index contributed by atoms with van der Waals surface area (Å²) < 4.78 is 6.34. The fourth-order valence-electron chi connectivity index (χ4n) is 16.5. The lowest BCUT2D eigenvalue weighted by Gasteiger charge is -2.47. The van der Waals surface area contributed by atoms with Crippen LogP contribution in [0.5, 0.6) is 0 Å². The molecule has 18 rings (SSSR count). The number of aryl methyl sites for hydroxylation is 5. The Kier molecular flexibility index (Phi) is 13.2. The van der Waals surface area contributed by atoms with Crippen molar-refractivity contribution in [3.63, 3.8) is 0 Å². The molecule has 0 amide bonds. The zero-order chi connectivity index (χ0) is 61.6. The standard InChI is InChI=1S/C83H66B2IN5S/c1-6-8-24-54-38-51(3)40-58(44-54)91-74-42-53(5)41-67(86)81(74)85-66-49-65-72(50-73(66)87(56-26-12-10-13-27-56)75-45-59(46-76(91)82(75)85)89-68-34-20-16-30-61(68)62-31-17-21-35-69(62)89)88(57-28-14-11-15-29-57)77-47-60(90-70-36-22-18-32-63(70)64-33-19-23-37-71(64)90)48-79-83(77)84(65)80-55(25-9-7-2)39-52(4)43-78(80)92-79/h10-23,26-50H,6-9,24-25H2,1-5H3. The van der Waals surface area contributed by atoms with E-state index in [1.807, 2.05) is 11.8 Å². The molecule has 6 heterocycles. The van der Waals surface area contributed by atoms with E-state index in [1.165, 1.54) is 157 Å². The zero-order valence-corrected chi connectivity index (χ0v) is 55.4. The van der Waals surface area contributed by atoms with Crippen molar-refractivity contribution in [2.75, 3.05) is 14.7 Å². The molecule has 0 N–H and O–H groups in total. The third kappa shape index (κ3) is 8.46. The Bertz CT molecular complexity index is 5290. The Morgan fingerprint density at radius 1 is 0.348 bits per heavy atom. The molecule has 0 atom stereocenters. The highest BCUT2D eigenvalue weighted by atomic mass is 127. The molecule has 0 spiro atoms. The summed E-state index contributed by atoms with van der Waals surface area (Å²) in [6.45, 7) is 11.4. The molecule has 0 saturated carbocycles. The van der Waals surface area contributed by atoms with E-state index >= 15 is 0 Å². The van der Waals surface area contributed by atoms with Gasteiger partial charge >= 0.3 is 0 Å². The number of hydrogen-bond donors (Lipinski definition) is 0. The Labute approximate surface area is 557 Å². The fourth-order valence-corrected chi connectivity index (χ4v) is 18.9. The van der Waals surface area contributed by atoms with Crippen LogP contribution >= 0.6 is 34.4 Å². The third-order valence-corrected chi connectivity index (χ3v) is 22.2. The molecule has 0 radical (unpaired) electrons. The van der Waals surface area contributed by atoms with Crippen LogP contribution in [0.3, 0.4) is 0 Å². The first kappa shape index (κ1) is 55.7. The predicted octanol–water partition coefficient (Wildman–Crippen LogP) is 18.9. The number of rotatable bonds is 11. The minimum absolute atomic E-state index is 0.0506. The van der Waals surface area contributed by atoms with Crippen LogP contribution < -0.4 is 47.5 Å². The Morgan fingerprint density at radius 2 is 0.793 bits per heavy atom. The van der Waals surface area contributed by atoms with Crippen LogP contribution in [0.4, 0.5) is 51.2 Å². The van der Waals surface area contributed by atoms with Crippen LogP contribution in [-0.4, -0.2) is 22.6 Å². The van der Waals surface area contributed by atoms with Crippen molar-refractivity contribution in [2.24, 2.45) is 0 Å². The second-order valence-corrected chi connectivity index (χ2v) is 28.3. The molecule has 0 saturated heterocycles. The summed E-state index contributed by atoms with van der Waals surface area (Å²) in [7, 11) is 0. The molecule has 2 aromatic heterocycles. The van der Waals surface area contributed by atoms with Crippen LogP contribution in [-0.2, 0) is 12.8 Å². The largest absolute Gasteiger partial charge is 0.311 e. The second kappa shape index (κ2) is 21.7. The quantitative estimate of drug-likeness (QED) is 0.0949. The summed E-state index contributed by atoms with van der Waals surface area (Å²) in [5.41, 5.74) is 32.7. The van der Waals surface area contributed by atoms with Crippen molar-refractivity contribution in [3.05, 3.63) is 268 Å². The molecule has 5 nitrogen and oxygen atoms in total. The number of fused-ring (bicyclic) bond motifs is 14. The lowest BCUT2D eigenvalue weighted by Crippen LogP contribution is -2.65. The van der Waals surface area contributed by atoms with E-state index in [0.717, 1.165) is 61.3 Å². The van der Waals surface area contributed by atoms with Gasteiger partial charge in [-0.2, -0.15) is 0 Å². The van der Waals surface area contributed by atoms with Crippen LogP contribution in [0.15, 0.2) is 246 Å². The molecule has 14 aromatic rings. The van der Waals surface area contributed by atoms with E-state index < -0.39 is 0 Å². The normalized spacial score (nSPS) is 13.4. The van der Waals surface area contributed by atoms with Crippen molar-refractivity contribution in [3.8, 4) is 11.4 Å². The molecule has 9 heteroatoms. The third-order valence-electron chi connectivity index (χ3n) is 20.2. The summed E-state index contributed by atoms with van der Waals surface area (Å²) >= 11 is 4.69.